The van der Waals surface area contributed by atoms with E-state index >= 15 is 0 Å². The molecular formula is C31H40N4O9. The van der Waals surface area contributed by atoms with Crippen LogP contribution in [0.5, 0.6) is 11.5 Å². The molecular weight excluding hydrogens is 572 g/mol. The normalized spacial score (nSPS) is 16.0. The van der Waals surface area contributed by atoms with Crippen LogP contribution in [0.4, 0.5) is 5.69 Å². The lowest BCUT2D eigenvalue weighted by Gasteiger charge is -2.35. The summed E-state index contributed by atoms with van der Waals surface area (Å²) in [4.78, 5) is 38.3. The van der Waals surface area contributed by atoms with Crippen molar-refractivity contribution in [1.82, 2.24) is 15.5 Å². The molecule has 0 aliphatic carbocycles. The summed E-state index contributed by atoms with van der Waals surface area (Å²) in [5.41, 5.74) is 0.220. The lowest BCUT2D eigenvalue weighted by Crippen LogP contribution is -2.51. The van der Waals surface area contributed by atoms with Crippen LogP contribution in [0.2, 0.25) is 0 Å². The number of aliphatic hydroxyl groups is 1. The van der Waals surface area contributed by atoms with Crippen LogP contribution >= 0.6 is 0 Å². The number of nitrogens with zero attached hydrogens (tertiary/aromatic N) is 2. The van der Waals surface area contributed by atoms with Crippen LogP contribution in [-0.2, 0) is 14.3 Å². The number of nitrogens with one attached hydrogen (secondary N) is 2. The maximum Gasteiger partial charge on any atom is 0.336 e. The van der Waals surface area contributed by atoms with E-state index < -0.39 is 34.4 Å². The number of para-hydroxylation sites is 2. The van der Waals surface area contributed by atoms with Crippen molar-refractivity contribution >= 4 is 17.6 Å². The fourth-order valence-corrected chi connectivity index (χ4v) is 5.24. The molecule has 0 bridgehead atoms. The van der Waals surface area contributed by atoms with Gasteiger partial charge in [0.2, 0.25) is 0 Å². The lowest BCUT2D eigenvalue weighted by molar-refractivity contribution is -0.384. The number of non-ortho nitro benzene ring substituents is 1. The molecule has 0 saturated heterocycles. The van der Waals surface area contributed by atoms with Gasteiger partial charge in [-0.15, -0.1) is 0 Å². The number of nitro groups is 1. The highest BCUT2D eigenvalue weighted by molar-refractivity contribution is 5.99. The number of carbonyl (C=O) groups excluding carboxylic acids is 1. The van der Waals surface area contributed by atoms with Gasteiger partial charge in [-0.3, -0.25) is 15.0 Å². The zero-order valence-corrected chi connectivity index (χ0v) is 25.7. The van der Waals surface area contributed by atoms with Crippen LogP contribution in [0, 0.1) is 10.1 Å². The van der Waals surface area contributed by atoms with Crippen LogP contribution in [0.3, 0.4) is 0 Å². The van der Waals surface area contributed by atoms with E-state index in [2.05, 4.69) is 10.6 Å². The molecule has 2 atom stereocenters. The summed E-state index contributed by atoms with van der Waals surface area (Å²) in [5, 5.41) is 38.5. The summed E-state index contributed by atoms with van der Waals surface area (Å²) in [5.74, 6) is -2.02. The summed E-state index contributed by atoms with van der Waals surface area (Å²) >= 11 is 0. The predicted octanol–water partition coefficient (Wildman–Crippen LogP) is 2.82. The fraction of sp³-hybridized carbons (Fsp3) is 0.419. The largest absolute Gasteiger partial charge is 0.493 e. The number of rotatable bonds is 15. The minimum atomic E-state index is -1.26. The van der Waals surface area contributed by atoms with Gasteiger partial charge in [-0.05, 0) is 45.5 Å². The molecule has 0 aromatic heterocycles. The number of carboxylic acid groups (broad SMARTS) is 1. The number of methoxy groups -OCH3 is 2. The third kappa shape index (κ3) is 8.56. The number of nitro benzene ring substituents is 1. The Kier molecular flexibility index (Phi) is 11.5. The van der Waals surface area contributed by atoms with Gasteiger partial charge in [0.1, 0.15) is 12.7 Å². The molecule has 0 radical (unpaired) electrons. The van der Waals surface area contributed by atoms with Crippen molar-refractivity contribution in [3.63, 3.8) is 0 Å². The second-order valence-corrected chi connectivity index (χ2v) is 11.2. The molecule has 1 aliphatic rings. The number of hydrogen-bond acceptors (Lipinski definition) is 11. The number of aliphatic carboxylic acids is 1. The van der Waals surface area contributed by atoms with Gasteiger partial charge < -0.3 is 35.1 Å². The maximum absolute atomic E-state index is 13.2. The third-order valence-corrected chi connectivity index (χ3v) is 7.10. The standard InChI is InChI=1S/C31H40N4O9/c1-19-26(29(37)38)27(20-10-9-11-21(14-20)35(40)41)28(30(39)43-6)23(33-19)16-34(4)18-31(2,3)32-15-22(36)17-44-25-13-8-7-12-24(25)42-5/h7-14,22,27,32-33,36H,15-18H2,1-6H3,(H,37,38). The Hall–Kier alpha value is -4.46. The number of dihydropyridines is 1. The second-order valence-electron chi connectivity index (χ2n) is 11.2. The summed E-state index contributed by atoms with van der Waals surface area (Å²) in [6.07, 6.45) is -0.809. The molecule has 2 unspecified atom stereocenters. The van der Waals surface area contributed by atoms with Gasteiger partial charge in [-0.2, -0.15) is 0 Å². The van der Waals surface area contributed by atoms with Gasteiger partial charge in [0.25, 0.3) is 5.69 Å². The van der Waals surface area contributed by atoms with Crippen molar-refractivity contribution in [2.75, 3.05) is 47.5 Å². The molecule has 0 fully saturated rings. The number of esters is 1. The van der Waals surface area contributed by atoms with E-state index in [-0.39, 0.29) is 42.1 Å². The number of hydrogen-bond donors (Lipinski definition) is 4. The van der Waals surface area contributed by atoms with Crippen LogP contribution in [0.1, 0.15) is 32.3 Å². The van der Waals surface area contributed by atoms with Crippen molar-refractivity contribution in [3.8, 4) is 11.5 Å². The number of likely N-dealkylation sites (N-methyl/N-ethyl adjacent to an activating group) is 1. The maximum atomic E-state index is 13.2. The van der Waals surface area contributed by atoms with Crippen LogP contribution in [0.25, 0.3) is 0 Å². The Morgan fingerprint density at radius 3 is 2.43 bits per heavy atom. The molecule has 0 saturated carbocycles. The average molecular weight is 613 g/mol. The Balaban J connectivity index is 1.78. The van der Waals surface area contributed by atoms with E-state index in [9.17, 15) is 29.9 Å². The monoisotopic (exact) mass is 612 g/mol. The number of carboxylic acids is 1. The molecule has 1 aliphatic heterocycles. The Bertz CT molecular complexity index is 1440. The predicted molar refractivity (Wildman–Crippen MR) is 162 cm³/mol. The van der Waals surface area contributed by atoms with Gasteiger partial charge >= 0.3 is 11.9 Å². The Labute approximate surface area is 256 Å². The molecule has 4 N–H and O–H groups in total. The molecule has 1 heterocycles. The Morgan fingerprint density at radius 1 is 1.14 bits per heavy atom. The molecule has 0 amide bonds. The van der Waals surface area contributed by atoms with Crippen LogP contribution in [0.15, 0.2) is 71.1 Å². The molecule has 2 aromatic rings. The summed E-state index contributed by atoms with van der Waals surface area (Å²) in [6, 6.07) is 12.7. The van der Waals surface area contributed by atoms with E-state index in [1.165, 1.54) is 25.3 Å². The smallest absolute Gasteiger partial charge is 0.336 e. The molecule has 13 nitrogen and oxygen atoms in total. The van der Waals surface area contributed by atoms with Crippen molar-refractivity contribution in [2.45, 2.75) is 38.3 Å². The lowest BCUT2D eigenvalue weighted by atomic mass is 9.80. The highest BCUT2D eigenvalue weighted by atomic mass is 16.6. The van der Waals surface area contributed by atoms with Gasteiger partial charge in [-0.25, -0.2) is 9.59 Å². The number of benzene rings is 2. The zero-order chi connectivity index (χ0) is 32.6. The van der Waals surface area contributed by atoms with Gasteiger partial charge in [0.15, 0.2) is 11.5 Å². The minimum absolute atomic E-state index is 0.0507. The highest BCUT2D eigenvalue weighted by Crippen LogP contribution is 2.40. The first kappa shape index (κ1) is 34.0. The first-order valence-corrected chi connectivity index (χ1v) is 13.9. The first-order valence-electron chi connectivity index (χ1n) is 13.9. The number of ether oxygens (including phenoxy) is 3. The van der Waals surface area contributed by atoms with Gasteiger partial charge in [-0.1, -0.05) is 24.3 Å². The van der Waals surface area contributed by atoms with E-state index in [4.69, 9.17) is 14.2 Å². The fourth-order valence-electron chi connectivity index (χ4n) is 5.24. The number of β-amino-alcohol motifs (C(OH)–C–C–N with tert-alkyl or cyclic N) is 1. The average Bonchev–Trinajstić information content (AvgIpc) is 2.97. The van der Waals surface area contributed by atoms with Crippen molar-refractivity contribution < 1.29 is 38.9 Å². The molecule has 238 valence electrons. The topological polar surface area (TPSA) is 173 Å². The molecule has 0 spiro atoms. The Morgan fingerprint density at radius 2 is 1.82 bits per heavy atom. The molecule has 3 rings (SSSR count). The van der Waals surface area contributed by atoms with Crippen molar-refractivity contribution in [2.24, 2.45) is 0 Å². The van der Waals surface area contributed by atoms with E-state index in [0.717, 1.165) is 0 Å². The number of allylic oxidation sites excluding steroid dienone is 1. The highest BCUT2D eigenvalue weighted by Gasteiger charge is 2.39. The summed E-state index contributed by atoms with van der Waals surface area (Å²) < 4.78 is 16.1. The number of aliphatic hydroxyl groups excluding tert-OH is 1. The van der Waals surface area contributed by atoms with E-state index in [0.29, 0.717) is 29.4 Å². The molecule has 13 heteroatoms. The van der Waals surface area contributed by atoms with E-state index in [1.54, 1.807) is 32.2 Å². The second kappa shape index (κ2) is 14.8. The van der Waals surface area contributed by atoms with Crippen molar-refractivity contribution in [1.29, 1.82) is 0 Å². The van der Waals surface area contributed by atoms with Crippen LogP contribution in [-0.4, -0.2) is 91.1 Å². The minimum Gasteiger partial charge on any atom is -0.493 e. The first-order chi connectivity index (χ1) is 20.8. The SMILES string of the molecule is COC(=O)C1=C(CN(C)CC(C)(C)NCC(O)COc2ccccc2OC)NC(C)=C(C(=O)O)C1c1cccc([N+](=O)[O-])c1. The van der Waals surface area contributed by atoms with E-state index in [1.807, 2.05) is 37.9 Å². The number of carbonyl (C=O) groups is 2. The zero-order valence-electron chi connectivity index (χ0n) is 25.7. The van der Waals surface area contributed by atoms with Gasteiger partial charge in [0, 0.05) is 48.7 Å². The van der Waals surface area contributed by atoms with Crippen molar-refractivity contribution in [3.05, 3.63) is 86.7 Å². The summed E-state index contributed by atoms with van der Waals surface area (Å²) in [7, 11) is 4.58. The quantitative estimate of drug-likeness (QED) is 0.132. The third-order valence-electron chi connectivity index (χ3n) is 7.10. The molecule has 44 heavy (non-hydrogen) atoms. The van der Waals surface area contributed by atoms with Gasteiger partial charge in [0.05, 0.1) is 36.2 Å². The summed E-state index contributed by atoms with van der Waals surface area (Å²) in [6.45, 7) is 6.45. The van der Waals surface area contributed by atoms with Crippen LogP contribution < -0.4 is 20.1 Å². The molecule has 2 aromatic carbocycles.